The molecule has 2 unspecified atom stereocenters. The average Bonchev–Trinajstić information content (AvgIpc) is 2.75. The zero-order valence-electron chi connectivity index (χ0n) is 17.3. The lowest BCUT2D eigenvalue weighted by Crippen LogP contribution is -2.44. The van der Waals surface area contributed by atoms with Gasteiger partial charge < -0.3 is 14.8 Å². The van der Waals surface area contributed by atoms with Crippen LogP contribution in [0, 0.1) is 0 Å². The first-order valence-electron chi connectivity index (χ1n) is 9.40. The molecule has 2 rings (SSSR count). The highest BCUT2D eigenvalue weighted by Gasteiger charge is 2.27. The molecule has 0 bridgehead atoms. The summed E-state index contributed by atoms with van der Waals surface area (Å²) < 4.78 is 10.4. The number of nitrogens with one attached hydrogen (secondary N) is 1. The lowest BCUT2D eigenvalue weighted by molar-refractivity contribution is -0.148. The van der Waals surface area contributed by atoms with E-state index in [4.69, 9.17) is 32.7 Å². The molecule has 31 heavy (non-hydrogen) atoms. The van der Waals surface area contributed by atoms with Crippen molar-refractivity contribution in [3.05, 3.63) is 63.6 Å². The number of ether oxygens (including phenoxy) is 2. The Hall–Kier alpha value is -2.22. The maximum Gasteiger partial charge on any atom is 0.329 e. The average molecular weight is 484 g/mol. The number of carbonyl (C=O) groups is 3. The Morgan fingerprint density at radius 1 is 1.10 bits per heavy atom. The van der Waals surface area contributed by atoms with E-state index in [-0.39, 0.29) is 16.4 Å². The highest BCUT2D eigenvalue weighted by atomic mass is 35.5. The molecule has 1 N–H and O–H groups in total. The maximum atomic E-state index is 12.7. The molecule has 0 radical (unpaired) electrons. The number of methoxy groups -OCH3 is 1. The van der Waals surface area contributed by atoms with Gasteiger partial charge in [-0.15, -0.1) is 0 Å². The fourth-order valence-corrected chi connectivity index (χ4v) is 3.66. The van der Waals surface area contributed by atoms with Crippen LogP contribution in [-0.2, 0) is 9.53 Å². The van der Waals surface area contributed by atoms with Crippen molar-refractivity contribution < 1.29 is 23.9 Å². The smallest absolute Gasteiger partial charge is 0.329 e. The molecular formula is C22H23Cl2NO5S. The van der Waals surface area contributed by atoms with Gasteiger partial charge in [0.1, 0.15) is 11.8 Å². The van der Waals surface area contributed by atoms with Gasteiger partial charge in [0.05, 0.1) is 17.7 Å². The molecule has 0 aromatic heterocycles. The molecule has 0 aliphatic heterocycles. The standard InChI is InChI=1S/C22H23Cl2NO5S/c1-13(20(26)14-4-7-16(29-2)8-5-14)30-22(28)19(10-11-31-3)25-21(27)17-9-6-15(23)12-18(17)24/h4-9,12-13,19H,10-11H2,1-3H3,(H,25,27). The minimum atomic E-state index is -1.02. The Balaban J connectivity index is 2.08. The van der Waals surface area contributed by atoms with Crippen molar-refractivity contribution in [1.29, 1.82) is 0 Å². The minimum Gasteiger partial charge on any atom is -0.497 e. The molecule has 2 aromatic rings. The summed E-state index contributed by atoms with van der Waals surface area (Å²) in [7, 11) is 1.53. The molecule has 166 valence electrons. The Bertz CT molecular complexity index is 936. The van der Waals surface area contributed by atoms with Crippen LogP contribution in [0.5, 0.6) is 5.75 Å². The normalized spacial score (nSPS) is 12.5. The Kier molecular flexibility index (Phi) is 9.68. The number of halogens is 2. The van der Waals surface area contributed by atoms with E-state index < -0.39 is 24.0 Å². The van der Waals surface area contributed by atoms with Gasteiger partial charge in [-0.2, -0.15) is 11.8 Å². The predicted octanol–water partition coefficient (Wildman–Crippen LogP) is 4.67. The van der Waals surface area contributed by atoms with Crippen LogP contribution >= 0.6 is 35.0 Å². The number of carbonyl (C=O) groups excluding carboxylic acids is 3. The van der Waals surface area contributed by atoms with Crippen molar-refractivity contribution >= 4 is 52.6 Å². The van der Waals surface area contributed by atoms with Crippen LogP contribution in [0.3, 0.4) is 0 Å². The fraction of sp³-hybridized carbons (Fsp3) is 0.318. The van der Waals surface area contributed by atoms with Crippen LogP contribution in [0.2, 0.25) is 10.0 Å². The summed E-state index contributed by atoms with van der Waals surface area (Å²) in [4.78, 5) is 38.0. The number of Topliss-reactive ketones (excluding diaryl/α,β-unsaturated/α-hetero) is 1. The van der Waals surface area contributed by atoms with Gasteiger partial charge in [-0.3, -0.25) is 9.59 Å². The molecule has 2 atom stereocenters. The van der Waals surface area contributed by atoms with Gasteiger partial charge in [0, 0.05) is 10.6 Å². The molecule has 1 amide bonds. The summed E-state index contributed by atoms with van der Waals surface area (Å²) in [5.74, 6) is -0.357. The first-order valence-corrected chi connectivity index (χ1v) is 11.6. The monoisotopic (exact) mass is 483 g/mol. The molecule has 6 nitrogen and oxygen atoms in total. The number of thioether (sulfide) groups is 1. The summed E-state index contributed by atoms with van der Waals surface area (Å²) >= 11 is 13.5. The van der Waals surface area contributed by atoms with Crippen molar-refractivity contribution in [2.24, 2.45) is 0 Å². The van der Waals surface area contributed by atoms with Crippen LogP contribution < -0.4 is 10.1 Å². The van der Waals surface area contributed by atoms with E-state index in [2.05, 4.69) is 5.32 Å². The molecule has 9 heteroatoms. The second-order valence-corrected chi connectivity index (χ2v) is 8.43. The third-order valence-corrected chi connectivity index (χ3v) is 5.60. The quantitative estimate of drug-likeness (QED) is 0.390. The van der Waals surface area contributed by atoms with Gasteiger partial charge in [0.25, 0.3) is 5.91 Å². The van der Waals surface area contributed by atoms with Gasteiger partial charge in [-0.05, 0) is 67.8 Å². The van der Waals surface area contributed by atoms with Crippen LogP contribution in [0.1, 0.15) is 34.1 Å². The second-order valence-electron chi connectivity index (χ2n) is 6.60. The van der Waals surface area contributed by atoms with Gasteiger partial charge >= 0.3 is 5.97 Å². The van der Waals surface area contributed by atoms with Gasteiger partial charge in [0.2, 0.25) is 5.78 Å². The Labute approximate surface area is 195 Å². The van der Waals surface area contributed by atoms with Gasteiger partial charge in [-0.1, -0.05) is 23.2 Å². The number of benzene rings is 2. The zero-order chi connectivity index (χ0) is 23.0. The van der Waals surface area contributed by atoms with E-state index in [0.29, 0.717) is 28.5 Å². The molecule has 0 heterocycles. The molecule has 0 fully saturated rings. The number of hydrogen-bond donors (Lipinski definition) is 1. The summed E-state index contributed by atoms with van der Waals surface area (Å²) in [5, 5.41) is 3.21. The molecule has 0 spiro atoms. The number of ketones is 1. The SMILES string of the molecule is COc1ccc(C(=O)C(C)OC(=O)C(CCSC)NC(=O)c2ccc(Cl)cc2Cl)cc1. The lowest BCUT2D eigenvalue weighted by atomic mass is 10.1. The van der Waals surface area contributed by atoms with Crippen molar-refractivity contribution in [1.82, 2.24) is 5.32 Å². The predicted molar refractivity (Wildman–Crippen MR) is 124 cm³/mol. The van der Waals surface area contributed by atoms with Crippen LogP contribution in [0.4, 0.5) is 0 Å². The molecule has 0 saturated carbocycles. The summed E-state index contributed by atoms with van der Waals surface area (Å²) in [6.45, 7) is 1.49. The van der Waals surface area contributed by atoms with Crippen molar-refractivity contribution in [3.63, 3.8) is 0 Å². The van der Waals surface area contributed by atoms with Crippen LogP contribution in [-0.4, -0.2) is 48.9 Å². The molecule has 2 aromatic carbocycles. The summed E-state index contributed by atoms with van der Waals surface area (Å²) in [5.41, 5.74) is 0.578. The zero-order valence-corrected chi connectivity index (χ0v) is 19.6. The Morgan fingerprint density at radius 2 is 1.77 bits per heavy atom. The van der Waals surface area contributed by atoms with E-state index in [0.717, 1.165) is 0 Å². The fourth-order valence-electron chi connectivity index (χ4n) is 2.69. The second kappa shape index (κ2) is 12.0. The lowest BCUT2D eigenvalue weighted by Gasteiger charge is -2.20. The third-order valence-electron chi connectivity index (χ3n) is 4.41. The van der Waals surface area contributed by atoms with Crippen molar-refractivity contribution in [2.45, 2.75) is 25.5 Å². The van der Waals surface area contributed by atoms with E-state index >= 15 is 0 Å². The number of rotatable bonds is 10. The highest BCUT2D eigenvalue weighted by Crippen LogP contribution is 2.21. The minimum absolute atomic E-state index is 0.171. The molecule has 0 aliphatic carbocycles. The van der Waals surface area contributed by atoms with Crippen LogP contribution in [0.15, 0.2) is 42.5 Å². The van der Waals surface area contributed by atoms with Gasteiger partial charge in [-0.25, -0.2) is 4.79 Å². The highest BCUT2D eigenvalue weighted by molar-refractivity contribution is 7.98. The molecule has 0 saturated heterocycles. The third kappa shape index (κ3) is 7.16. The van der Waals surface area contributed by atoms with E-state index in [9.17, 15) is 14.4 Å². The number of esters is 1. The van der Waals surface area contributed by atoms with E-state index in [1.165, 1.54) is 44.0 Å². The van der Waals surface area contributed by atoms with Crippen molar-refractivity contribution in [3.8, 4) is 5.75 Å². The summed E-state index contributed by atoms with van der Waals surface area (Å²) in [6.07, 6.45) is 1.20. The largest absolute Gasteiger partial charge is 0.497 e. The molecular weight excluding hydrogens is 461 g/mol. The first kappa shape index (κ1) is 25.0. The Morgan fingerprint density at radius 3 is 2.35 bits per heavy atom. The maximum absolute atomic E-state index is 12.7. The first-order chi connectivity index (χ1) is 14.8. The number of hydrogen-bond acceptors (Lipinski definition) is 6. The van der Waals surface area contributed by atoms with E-state index in [1.54, 1.807) is 24.3 Å². The van der Waals surface area contributed by atoms with Gasteiger partial charge in [0.15, 0.2) is 6.10 Å². The van der Waals surface area contributed by atoms with Crippen molar-refractivity contribution in [2.75, 3.05) is 19.1 Å². The van der Waals surface area contributed by atoms with Crippen LogP contribution in [0.25, 0.3) is 0 Å². The number of amides is 1. The summed E-state index contributed by atoms with van der Waals surface area (Å²) in [6, 6.07) is 10.0. The topological polar surface area (TPSA) is 81.7 Å². The molecule has 0 aliphatic rings. The van der Waals surface area contributed by atoms with E-state index in [1.807, 2.05) is 6.26 Å².